The summed E-state index contributed by atoms with van der Waals surface area (Å²) in [7, 11) is 13.6. The average molecular weight is 428 g/mol. The van der Waals surface area contributed by atoms with E-state index in [1.54, 1.807) is 21.3 Å². The van der Waals surface area contributed by atoms with Crippen LogP contribution in [0, 0.1) is 0 Å². The van der Waals surface area contributed by atoms with Crippen molar-refractivity contribution in [1.29, 1.82) is 0 Å². The number of benzene rings is 3. The topological polar surface area (TPSA) is 27.7 Å². The van der Waals surface area contributed by atoms with Crippen molar-refractivity contribution < 1.29 is 37.6 Å². The number of quaternary nitrogens is 1. The van der Waals surface area contributed by atoms with Crippen molar-refractivity contribution in [2.75, 3.05) is 49.5 Å². The Morgan fingerprint density at radius 2 is 0.688 bits per heavy atom. The standard InChI is InChI=1S/C22H24BO3.C4H12N.Li/c1-23(17-5-11-20(24-2)12-6-17,18-7-13-21(25-3)14-8-18)19-9-15-22(26-4)16-10-19;1-5(2,3)4;/h5-16H,1-4H3;1-4H3;/q-1;2*+1. The molecule has 0 aliphatic rings. The van der Waals surface area contributed by atoms with Gasteiger partial charge in [-0.15, -0.1) is 0 Å². The summed E-state index contributed by atoms with van der Waals surface area (Å²) in [5, 5.41) is 0. The van der Waals surface area contributed by atoms with E-state index in [0.717, 1.165) is 21.7 Å². The van der Waals surface area contributed by atoms with Gasteiger partial charge in [-0.25, -0.2) is 0 Å². The first-order valence-electron chi connectivity index (χ1n) is 10.5. The van der Waals surface area contributed by atoms with E-state index in [-0.39, 0.29) is 18.9 Å². The molecular formula is C26H36BLiNO3+. The van der Waals surface area contributed by atoms with E-state index in [0.29, 0.717) is 0 Å². The van der Waals surface area contributed by atoms with Gasteiger partial charge in [-0.2, -0.15) is 23.2 Å². The third-order valence-electron chi connectivity index (χ3n) is 5.35. The van der Waals surface area contributed by atoms with Crippen molar-refractivity contribution in [2.24, 2.45) is 0 Å². The van der Waals surface area contributed by atoms with Crippen LogP contribution in [0.3, 0.4) is 0 Å². The number of nitrogens with zero attached hydrogens (tertiary/aromatic N) is 1. The number of ether oxygens (including phenoxy) is 3. The molecule has 3 rings (SSSR count). The summed E-state index contributed by atoms with van der Waals surface area (Å²) in [6, 6.07) is 25.0. The fourth-order valence-electron chi connectivity index (χ4n) is 3.54. The van der Waals surface area contributed by atoms with Crippen LogP contribution in [-0.2, 0) is 0 Å². The van der Waals surface area contributed by atoms with Gasteiger partial charge in [-0.1, -0.05) is 36.4 Å². The molecule has 0 unspecified atom stereocenters. The SMILES string of the molecule is COc1ccc([B-](C)(c2ccc(OC)cc2)c2ccc(OC)cc2)cc1.C[N+](C)(C)C.[Li+]. The van der Waals surface area contributed by atoms with E-state index >= 15 is 0 Å². The normalized spacial score (nSPS) is 10.9. The summed E-state index contributed by atoms with van der Waals surface area (Å²) < 4.78 is 17.0. The van der Waals surface area contributed by atoms with Gasteiger partial charge in [0, 0.05) is 0 Å². The summed E-state index contributed by atoms with van der Waals surface area (Å²) >= 11 is 0. The molecule has 0 N–H and O–H groups in total. The van der Waals surface area contributed by atoms with Crippen LogP contribution in [-0.4, -0.2) is 60.1 Å². The summed E-state index contributed by atoms with van der Waals surface area (Å²) in [4.78, 5) is 0. The van der Waals surface area contributed by atoms with Gasteiger partial charge >= 0.3 is 18.9 Å². The molecule has 3 aromatic rings. The van der Waals surface area contributed by atoms with Crippen LogP contribution in [0.25, 0.3) is 0 Å². The molecule has 0 radical (unpaired) electrons. The Hall–Kier alpha value is -2.32. The predicted molar refractivity (Wildman–Crippen MR) is 133 cm³/mol. The second-order valence-electron chi connectivity index (χ2n) is 9.30. The van der Waals surface area contributed by atoms with Crippen LogP contribution in [0.1, 0.15) is 0 Å². The van der Waals surface area contributed by atoms with Crippen molar-refractivity contribution in [2.45, 2.75) is 6.82 Å². The molecule has 0 spiro atoms. The molecule has 32 heavy (non-hydrogen) atoms. The van der Waals surface area contributed by atoms with Gasteiger partial charge in [0.1, 0.15) is 17.2 Å². The summed E-state index contributed by atoms with van der Waals surface area (Å²) in [5.41, 5.74) is 3.75. The van der Waals surface area contributed by atoms with E-state index in [9.17, 15) is 0 Å². The Bertz CT molecular complexity index is 815. The molecule has 0 aliphatic heterocycles. The molecular weight excluding hydrogens is 392 g/mol. The van der Waals surface area contributed by atoms with E-state index in [2.05, 4.69) is 71.4 Å². The maximum atomic E-state index is 5.33. The van der Waals surface area contributed by atoms with Gasteiger partial charge in [0.25, 0.3) is 0 Å². The minimum atomic E-state index is -1.14. The number of methoxy groups -OCH3 is 3. The first kappa shape index (κ1) is 27.7. The van der Waals surface area contributed by atoms with Crippen LogP contribution in [0.5, 0.6) is 17.2 Å². The van der Waals surface area contributed by atoms with Crippen molar-refractivity contribution in [3.8, 4) is 17.2 Å². The predicted octanol–water partition coefficient (Wildman–Crippen LogP) is 0.139. The quantitative estimate of drug-likeness (QED) is 0.413. The monoisotopic (exact) mass is 428 g/mol. The van der Waals surface area contributed by atoms with Gasteiger partial charge in [0.05, 0.1) is 55.7 Å². The number of rotatable bonds is 6. The zero-order valence-corrected chi connectivity index (χ0v) is 21.2. The molecule has 6 heteroatoms. The third kappa shape index (κ3) is 7.38. The first-order chi connectivity index (χ1) is 14.6. The Morgan fingerprint density at radius 1 is 0.500 bits per heavy atom. The van der Waals surface area contributed by atoms with Crippen LogP contribution in [0.15, 0.2) is 72.8 Å². The molecule has 0 amide bonds. The largest absolute Gasteiger partial charge is 1.00 e. The fourth-order valence-corrected chi connectivity index (χ4v) is 3.54. The smallest absolute Gasteiger partial charge is 0.497 e. The summed E-state index contributed by atoms with van der Waals surface area (Å²) in [6.07, 6.45) is -1.14. The molecule has 0 saturated carbocycles. The summed E-state index contributed by atoms with van der Waals surface area (Å²) in [5.74, 6) is 2.57. The molecule has 0 atom stereocenters. The van der Waals surface area contributed by atoms with Gasteiger partial charge in [-0.05, 0) is 36.4 Å². The Labute approximate surface area is 206 Å². The Morgan fingerprint density at radius 3 is 0.844 bits per heavy atom. The number of hydrogen-bond acceptors (Lipinski definition) is 3. The van der Waals surface area contributed by atoms with Crippen LogP contribution < -0.4 is 49.5 Å². The summed E-state index contributed by atoms with van der Waals surface area (Å²) in [6.45, 7) is 2.30. The van der Waals surface area contributed by atoms with Crippen LogP contribution in [0.4, 0.5) is 0 Å². The van der Waals surface area contributed by atoms with Crippen molar-refractivity contribution in [3.63, 3.8) is 0 Å². The van der Waals surface area contributed by atoms with E-state index in [1.807, 2.05) is 36.4 Å². The molecule has 166 valence electrons. The molecule has 0 aliphatic carbocycles. The zero-order valence-electron chi connectivity index (χ0n) is 21.2. The minimum Gasteiger partial charge on any atom is -0.497 e. The Kier molecular flexibility index (Phi) is 10.4. The van der Waals surface area contributed by atoms with Gasteiger partial charge in [0.15, 0.2) is 0 Å². The first-order valence-corrected chi connectivity index (χ1v) is 10.5. The molecule has 0 heterocycles. The average Bonchev–Trinajstić information content (AvgIpc) is 2.77. The number of hydrogen-bond donors (Lipinski definition) is 0. The molecule has 3 aromatic carbocycles. The zero-order chi connectivity index (χ0) is 23.1. The van der Waals surface area contributed by atoms with E-state index in [1.165, 1.54) is 16.4 Å². The van der Waals surface area contributed by atoms with E-state index < -0.39 is 6.15 Å². The van der Waals surface area contributed by atoms with Gasteiger partial charge in [0.2, 0.25) is 0 Å². The second-order valence-corrected chi connectivity index (χ2v) is 9.30. The molecule has 0 aromatic heterocycles. The van der Waals surface area contributed by atoms with Crippen LogP contribution >= 0.6 is 0 Å². The third-order valence-corrected chi connectivity index (χ3v) is 5.35. The van der Waals surface area contributed by atoms with Gasteiger partial charge < -0.3 is 18.7 Å². The fraction of sp³-hybridized carbons (Fsp3) is 0.308. The Balaban J connectivity index is 0.000000770. The van der Waals surface area contributed by atoms with Crippen molar-refractivity contribution in [3.05, 3.63) is 72.8 Å². The maximum Gasteiger partial charge on any atom is 1.00 e. The maximum absolute atomic E-state index is 5.33. The second kappa shape index (κ2) is 12.1. The van der Waals surface area contributed by atoms with Gasteiger partial charge in [-0.3, -0.25) is 0 Å². The molecule has 0 bridgehead atoms. The van der Waals surface area contributed by atoms with Crippen molar-refractivity contribution in [1.82, 2.24) is 0 Å². The van der Waals surface area contributed by atoms with Crippen LogP contribution in [0.2, 0.25) is 6.82 Å². The molecule has 4 nitrogen and oxygen atoms in total. The minimum absolute atomic E-state index is 0. The molecule has 0 saturated heterocycles. The van der Waals surface area contributed by atoms with E-state index in [4.69, 9.17) is 14.2 Å². The molecule has 0 fully saturated rings. The van der Waals surface area contributed by atoms with Crippen molar-refractivity contribution >= 4 is 22.5 Å².